The summed E-state index contributed by atoms with van der Waals surface area (Å²) in [5.41, 5.74) is 1.33. The molecule has 1 saturated heterocycles. The van der Waals surface area contributed by atoms with Crippen LogP contribution in [0.3, 0.4) is 0 Å². The molecule has 1 atom stereocenters. The van der Waals surface area contributed by atoms with Crippen LogP contribution < -0.4 is 0 Å². The molecule has 1 aromatic carbocycles. The van der Waals surface area contributed by atoms with Crippen molar-refractivity contribution in [3.8, 4) is 11.4 Å². The maximum atomic E-state index is 13.0. The van der Waals surface area contributed by atoms with Crippen LogP contribution in [0.5, 0.6) is 0 Å². The molecule has 0 N–H and O–H groups in total. The highest BCUT2D eigenvalue weighted by molar-refractivity contribution is 5.94. The van der Waals surface area contributed by atoms with Crippen LogP contribution in [0, 0.1) is 0 Å². The minimum atomic E-state index is -0.212. The minimum absolute atomic E-state index is 0.109. The van der Waals surface area contributed by atoms with Crippen LogP contribution in [0.1, 0.15) is 59.8 Å². The fourth-order valence-corrected chi connectivity index (χ4v) is 3.53. The van der Waals surface area contributed by atoms with Gasteiger partial charge in [0.05, 0.1) is 0 Å². The molecule has 132 valence electrons. The van der Waals surface area contributed by atoms with Crippen LogP contribution in [0.15, 0.2) is 45.7 Å². The number of rotatable bonds is 4. The van der Waals surface area contributed by atoms with Crippen LogP contribution in [-0.2, 0) is 0 Å². The van der Waals surface area contributed by atoms with Crippen molar-refractivity contribution in [2.24, 2.45) is 0 Å². The molecule has 7 nitrogen and oxygen atoms in total. The second-order valence-electron chi connectivity index (χ2n) is 6.82. The summed E-state index contributed by atoms with van der Waals surface area (Å²) in [5.74, 6) is 1.97. The Balaban J connectivity index is 1.41. The van der Waals surface area contributed by atoms with E-state index in [0.717, 1.165) is 37.0 Å². The molecule has 2 fully saturated rings. The van der Waals surface area contributed by atoms with Gasteiger partial charge in [-0.2, -0.15) is 4.98 Å². The van der Waals surface area contributed by atoms with E-state index in [1.54, 1.807) is 4.90 Å². The maximum Gasteiger partial charge on any atom is 0.276 e. The highest BCUT2D eigenvalue weighted by Crippen LogP contribution is 2.42. The first kappa shape index (κ1) is 15.3. The first-order chi connectivity index (χ1) is 12.8. The summed E-state index contributed by atoms with van der Waals surface area (Å²) in [4.78, 5) is 23.5. The molecule has 5 rings (SSSR count). The molecule has 3 aromatic rings. The zero-order valence-corrected chi connectivity index (χ0v) is 14.2. The van der Waals surface area contributed by atoms with Crippen molar-refractivity contribution in [2.45, 2.75) is 37.6 Å². The highest BCUT2D eigenvalue weighted by Gasteiger charge is 2.39. The number of oxazole rings is 1. The van der Waals surface area contributed by atoms with Gasteiger partial charge in [-0.15, -0.1) is 0 Å². The van der Waals surface area contributed by atoms with Crippen molar-refractivity contribution in [1.82, 2.24) is 20.0 Å². The quantitative estimate of drug-likeness (QED) is 0.715. The van der Waals surface area contributed by atoms with Gasteiger partial charge in [0.1, 0.15) is 11.8 Å². The number of nitrogens with zero attached hydrogens (tertiary/aromatic N) is 4. The molecule has 0 radical (unpaired) electrons. The first-order valence-electron chi connectivity index (χ1n) is 8.94. The number of benzene rings is 1. The van der Waals surface area contributed by atoms with E-state index in [4.69, 9.17) is 8.94 Å². The van der Waals surface area contributed by atoms with Crippen LogP contribution >= 0.6 is 0 Å². The molecule has 1 saturated carbocycles. The summed E-state index contributed by atoms with van der Waals surface area (Å²) < 4.78 is 11.0. The summed E-state index contributed by atoms with van der Waals surface area (Å²) in [7, 11) is 0. The van der Waals surface area contributed by atoms with E-state index in [1.807, 2.05) is 30.3 Å². The van der Waals surface area contributed by atoms with Gasteiger partial charge in [0.2, 0.25) is 11.7 Å². The largest absolute Gasteiger partial charge is 0.447 e. The number of carbonyl (C=O) groups is 1. The van der Waals surface area contributed by atoms with Crippen molar-refractivity contribution < 1.29 is 13.7 Å². The van der Waals surface area contributed by atoms with E-state index in [-0.39, 0.29) is 11.9 Å². The van der Waals surface area contributed by atoms with E-state index >= 15 is 0 Å². The molecule has 1 amide bonds. The lowest BCUT2D eigenvalue weighted by Crippen LogP contribution is -2.31. The van der Waals surface area contributed by atoms with Crippen molar-refractivity contribution in [3.63, 3.8) is 0 Å². The van der Waals surface area contributed by atoms with E-state index < -0.39 is 0 Å². The molecule has 3 heterocycles. The summed E-state index contributed by atoms with van der Waals surface area (Å²) in [6, 6.07) is 9.46. The second kappa shape index (κ2) is 6.09. The van der Waals surface area contributed by atoms with Gasteiger partial charge in [0.25, 0.3) is 5.91 Å². The van der Waals surface area contributed by atoms with E-state index in [9.17, 15) is 4.79 Å². The molecular weight excluding hydrogens is 332 g/mol. The summed E-state index contributed by atoms with van der Waals surface area (Å²) in [6.45, 7) is 0.656. The van der Waals surface area contributed by atoms with Crippen molar-refractivity contribution in [1.29, 1.82) is 0 Å². The van der Waals surface area contributed by atoms with Gasteiger partial charge in [-0.25, -0.2) is 4.98 Å². The fraction of sp³-hybridized carbons (Fsp3) is 0.368. The predicted octanol–water partition coefficient (Wildman–Crippen LogP) is 3.58. The molecule has 2 aliphatic rings. The zero-order chi connectivity index (χ0) is 17.5. The number of carbonyl (C=O) groups excluding carboxylic acids is 1. The molecule has 1 aliphatic carbocycles. The van der Waals surface area contributed by atoms with Crippen LogP contribution in [0.4, 0.5) is 0 Å². The second-order valence-corrected chi connectivity index (χ2v) is 6.82. The van der Waals surface area contributed by atoms with Gasteiger partial charge >= 0.3 is 0 Å². The first-order valence-corrected chi connectivity index (χ1v) is 8.94. The summed E-state index contributed by atoms with van der Waals surface area (Å²) in [5, 5.41) is 4.09. The smallest absolute Gasteiger partial charge is 0.276 e. The molecule has 0 bridgehead atoms. The van der Waals surface area contributed by atoms with Crippen molar-refractivity contribution in [2.75, 3.05) is 6.54 Å². The van der Waals surface area contributed by atoms with Gasteiger partial charge in [0.15, 0.2) is 12.1 Å². The van der Waals surface area contributed by atoms with Crippen LogP contribution in [0.25, 0.3) is 11.4 Å². The number of hydrogen-bond donors (Lipinski definition) is 0. The standard InChI is InChI=1S/C19H18N4O3/c24-19(15-16(12-8-9-12)25-11-20-15)23-10-4-7-14(23)18-21-17(22-26-18)13-5-2-1-3-6-13/h1-3,5-6,11-12,14H,4,7-10H2. The molecule has 0 spiro atoms. The Morgan fingerprint density at radius 3 is 2.81 bits per heavy atom. The van der Waals surface area contributed by atoms with E-state index in [0.29, 0.717) is 29.9 Å². The molecule has 26 heavy (non-hydrogen) atoms. The average Bonchev–Trinajstić information content (AvgIpc) is 3.12. The Morgan fingerprint density at radius 1 is 1.15 bits per heavy atom. The monoisotopic (exact) mass is 350 g/mol. The number of likely N-dealkylation sites (tertiary alicyclic amines) is 1. The fourth-order valence-electron chi connectivity index (χ4n) is 3.53. The number of hydrogen-bond acceptors (Lipinski definition) is 6. The number of amides is 1. The Labute approximate surface area is 150 Å². The average molecular weight is 350 g/mol. The third-order valence-corrected chi connectivity index (χ3v) is 5.02. The normalized spacial score (nSPS) is 19.8. The highest BCUT2D eigenvalue weighted by atomic mass is 16.5. The third-order valence-electron chi connectivity index (χ3n) is 5.02. The summed E-state index contributed by atoms with van der Waals surface area (Å²) >= 11 is 0. The molecule has 1 unspecified atom stereocenters. The van der Waals surface area contributed by atoms with Crippen molar-refractivity contribution in [3.05, 3.63) is 54.1 Å². The Morgan fingerprint density at radius 2 is 2.00 bits per heavy atom. The van der Waals surface area contributed by atoms with Crippen LogP contribution in [0.2, 0.25) is 0 Å². The van der Waals surface area contributed by atoms with Gasteiger partial charge in [0, 0.05) is 18.0 Å². The molecular formula is C19H18N4O3. The van der Waals surface area contributed by atoms with Gasteiger partial charge in [-0.05, 0) is 25.7 Å². The third kappa shape index (κ3) is 2.60. The molecule has 1 aliphatic heterocycles. The predicted molar refractivity (Wildman–Crippen MR) is 91.2 cm³/mol. The van der Waals surface area contributed by atoms with Gasteiger partial charge < -0.3 is 13.8 Å². The summed E-state index contributed by atoms with van der Waals surface area (Å²) in [6.07, 6.45) is 5.19. The van der Waals surface area contributed by atoms with E-state index in [2.05, 4.69) is 15.1 Å². The molecule has 2 aromatic heterocycles. The Hall–Kier alpha value is -2.96. The Bertz CT molecular complexity index is 929. The minimum Gasteiger partial charge on any atom is -0.447 e. The topological polar surface area (TPSA) is 85.3 Å². The lowest BCUT2D eigenvalue weighted by molar-refractivity contribution is 0.0702. The van der Waals surface area contributed by atoms with Crippen LogP contribution in [-0.4, -0.2) is 32.5 Å². The van der Waals surface area contributed by atoms with Gasteiger partial charge in [-0.3, -0.25) is 4.79 Å². The lowest BCUT2D eigenvalue weighted by Gasteiger charge is -2.21. The zero-order valence-electron chi connectivity index (χ0n) is 14.2. The lowest BCUT2D eigenvalue weighted by atomic mass is 10.2. The van der Waals surface area contributed by atoms with E-state index in [1.165, 1.54) is 6.39 Å². The Kier molecular flexibility index (Phi) is 3.58. The SMILES string of the molecule is O=C(c1ncoc1C1CC1)N1CCCC1c1nc(-c2ccccc2)no1. The number of aromatic nitrogens is 3. The van der Waals surface area contributed by atoms with Gasteiger partial charge in [-0.1, -0.05) is 35.5 Å². The molecule has 7 heteroatoms. The van der Waals surface area contributed by atoms with Crippen molar-refractivity contribution >= 4 is 5.91 Å². The maximum absolute atomic E-state index is 13.0.